The van der Waals surface area contributed by atoms with Crippen molar-refractivity contribution >= 4 is 18.9 Å². The second-order valence-corrected chi connectivity index (χ2v) is 12.6. The molecule has 1 N–H and O–H groups in total. The molecule has 0 bridgehead atoms. The van der Waals surface area contributed by atoms with Crippen LogP contribution in [-0.4, -0.2) is 29.5 Å². The first-order chi connectivity index (χ1) is 11.5. The van der Waals surface area contributed by atoms with Crippen LogP contribution in [0.1, 0.15) is 63.0 Å². The van der Waals surface area contributed by atoms with Crippen LogP contribution >= 0.6 is 7.26 Å². The van der Waals surface area contributed by atoms with Gasteiger partial charge in [0.15, 0.2) is 5.16 Å². The van der Waals surface area contributed by atoms with E-state index in [-0.39, 0.29) is 37.9 Å². The van der Waals surface area contributed by atoms with Crippen LogP contribution in [0.25, 0.3) is 0 Å². The molecular formula is C21H33NOPY+. The molecule has 1 aliphatic carbocycles. The van der Waals surface area contributed by atoms with E-state index < -0.39 is 7.26 Å². The molecule has 1 saturated carbocycles. The second-order valence-electron chi connectivity index (χ2n) is 7.93. The minimum atomic E-state index is -1.19. The zero-order chi connectivity index (χ0) is 17.2. The number of nitrogens with one attached hydrogen (secondary N) is 1. The maximum Gasteiger partial charge on any atom is 0.268 e. The van der Waals surface area contributed by atoms with E-state index in [0.29, 0.717) is 5.91 Å². The summed E-state index contributed by atoms with van der Waals surface area (Å²) >= 11 is 0. The Labute approximate surface area is 179 Å². The van der Waals surface area contributed by atoms with Gasteiger partial charge < -0.3 is 5.32 Å². The molecule has 0 atom stereocenters. The van der Waals surface area contributed by atoms with E-state index >= 15 is 0 Å². The molecule has 25 heavy (non-hydrogen) atoms. The third-order valence-electron chi connectivity index (χ3n) is 6.76. The Morgan fingerprint density at radius 3 is 2.04 bits per heavy atom. The number of benzene rings is 1. The van der Waals surface area contributed by atoms with Gasteiger partial charge in [-0.15, -0.1) is 0 Å². The molecule has 2 nitrogen and oxygen atoms in total. The number of anilines is 1. The number of hydrogen-bond acceptors (Lipinski definition) is 1. The number of carbonyl (C=O) groups excluding carboxylic acids is 1. The minimum absolute atomic E-state index is 0. The van der Waals surface area contributed by atoms with Crippen molar-refractivity contribution in [1.82, 2.24) is 0 Å². The Kier molecular flexibility index (Phi) is 7.70. The third kappa shape index (κ3) is 3.92. The molecule has 0 spiro atoms. The monoisotopic (exact) mass is 435 g/mol. The van der Waals surface area contributed by atoms with E-state index in [4.69, 9.17) is 0 Å². The van der Waals surface area contributed by atoms with Crippen molar-refractivity contribution in [3.63, 3.8) is 0 Å². The molecule has 1 aromatic rings. The van der Waals surface area contributed by atoms with Crippen molar-refractivity contribution in [2.24, 2.45) is 0 Å². The van der Waals surface area contributed by atoms with Crippen molar-refractivity contribution < 1.29 is 37.5 Å². The van der Waals surface area contributed by atoms with E-state index in [1.807, 2.05) is 0 Å². The van der Waals surface area contributed by atoms with Crippen LogP contribution in [0.15, 0.2) is 18.2 Å². The Bertz CT molecular complexity index is 584. The summed E-state index contributed by atoms with van der Waals surface area (Å²) in [5.74, 6) is 0.350. The molecule has 0 unspecified atom stereocenters. The van der Waals surface area contributed by atoms with E-state index in [0.717, 1.165) is 18.5 Å². The number of hydrogen-bond donors (Lipinski definition) is 1. The van der Waals surface area contributed by atoms with Gasteiger partial charge in [0.25, 0.3) is 5.91 Å². The molecule has 1 aromatic carbocycles. The summed E-state index contributed by atoms with van der Waals surface area (Å²) in [4.78, 5) is 13.5. The van der Waals surface area contributed by atoms with E-state index in [2.05, 4.69) is 44.3 Å². The summed E-state index contributed by atoms with van der Waals surface area (Å²) in [6.07, 6.45) is 12.9. The van der Waals surface area contributed by atoms with Gasteiger partial charge in [-0.3, -0.25) is 4.79 Å². The van der Waals surface area contributed by atoms with Gasteiger partial charge in [-0.2, -0.15) is 0 Å². The normalized spacial score (nSPS) is 21.4. The molecule has 135 valence electrons. The van der Waals surface area contributed by atoms with Crippen LogP contribution < -0.4 is 5.32 Å². The Balaban J connectivity index is 0.00000225. The number of para-hydroxylation sites is 1. The fourth-order valence-electron chi connectivity index (χ4n) is 5.01. The number of carbonyl (C=O) groups is 1. The fraction of sp³-hybridized carbons (Fsp3) is 0.667. The van der Waals surface area contributed by atoms with Gasteiger partial charge in [0, 0.05) is 45.7 Å². The van der Waals surface area contributed by atoms with Crippen LogP contribution in [0.2, 0.25) is 0 Å². The van der Waals surface area contributed by atoms with Gasteiger partial charge in [-0.1, -0.05) is 18.2 Å². The summed E-state index contributed by atoms with van der Waals surface area (Å²) in [5.41, 5.74) is 3.42. The van der Waals surface area contributed by atoms with Crippen molar-refractivity contribution in [2.45, 2.75) is 70.9 Å². The van der Waals surface area contributed by atoms with Gasteiger partial charge in [0.05, 0.1) is 18.5 Å². The van der Waals surface area contributed by atoms with E-state index in [1.165, 1.54) is 61.7 Å². The van der Waals surface area contributed by atoms with Crippen molar-refractivity contribution in [2.75, 3.05) is 23.8 Å². The summed E-state index contributed by atoms with van der Waals surface area (Å²) in [6.45, 7) is 6.57. The predicted octanol–water partition coefficient (Wildman–Crippen LogP) is 5.77. The largest absolute Gasteiger partial charge is 0.322 e. The maximum atomic E-state index is 13.5. The third-order valence-corrected chi connectivity index (χ3v) is 12.8. The first-order valence-electron chi connectivity index (χ1n) is 9.78. The maximum absolute atomic E-state index is 13.5. The second kappa shape index (κ2) is 8.94. The Hall–Kier alpha value is 0.224. The first kappa shape index (κ1) is 21.5. The summed E-state index contributed by atoms with van der Waals surface area (Å²) < 4.78 is 0. The van der Waals surface area contributed by atoms with E-state index in [1.54, 1.807) is 0 Å². The van der Waals surface area contributed by atoms with Crippen molar-refractivity contribution in [1.29, 1.82) is 0 Å². The standard InChI is InChI=1S/C21H32NOP.Y/c1-4-24(15-7-5-6-8-16-24)21(13-10-14-21)20(23)22-19-17(2)11-9-12-18(19)3;/h9,11-12H,4-8,10,13-16H2,1-3H3;/p+1. The topological polar surface area (TPSA) is 29.1 Å². The van der Waals surface area contributed by atoms with Gasteiger partial charge in [-0.25, -0.2) is 0 Å². The van der Waals surface area contributed by atoms with Crippen LogP contribution in [0.3, 0.4) is 0 Å². The first-order valence-corrected chi connectivity index (χ1v) is 12.1. The zero-order valence-electron chi connectivity index (χ0n) is 16.2. The van der Waals surface area contributed by atoms with Gasteiger partial charge in [-0.05, 0) is 76.8 Å². The zero-order valence-corrected chi connectivity index (χ0v) is 20.0. The number of rotatable bonds is 4. The molecule has 4 heteroatoms. The molecule has 1 amide bonds. The number of aryl methyl sites for hydroxylation is 2. The Morgan fingerprint density at radius 2 is 1.60 bits per heavy atom. The average molecular weight is 435 g/mol. The molecule has 0 aromatic heterocycles. The summed E-state index contributed by atoms with van der Waals surface area (Å²) in [7, 11) is -1.19. The molecule has 3 rings (SSSR count). The molecule has 2 fully saturated rings. The van der Waals surface area contributed by atoms with Crippen LogP contribution in [0.5, 0.6) is 0 Å². The molecular weight excluding hydrogens is 402 g/mol. The summed E-state index contributed by atoms with van der Waals surface area (Å²) in [6, 6.07) is 6.28. The predicted molar refractivity (Wildman–Crippen MR) is 107 cm³/mol. The van der Waals surface area contributed by atoms with E-state index in [9.17, 15) is 4.79 Å². The molecule has 1 heterocycles. The number of amides is 1. The van der Waals surface area contributed by atoms with Crippen LogP contribution in [-0.2, 0) is 37.5 Å². The van der Waals surface area contributed by atoms with Crippen molar-refractivity contribution in [3.05, 3.63) is 29.3 Å². The van der Waals surface area contributed by atoms with Gasteiger partial charge in [0.2, 0.25) is 0 Å². The molecule has 2 aliphatic rings. The average Bonchev–Trinajstić information content (AvgIpc) is 2.77. The fourth-order valence-corrected chi connectivity index (χ4v) is 10.7. The van der Waals surface area contributed by atoms with Gasteiger partial charge in [0.1, 0.15) is 0 Å². The molecule has 1 aliphatic heterocycles. The molecule has 1 saturated heterocycles. The summed E-state index contributed by atoms with van der Waals surface area (Å²) in [5, 5.41) is 3.37. The van der Waals surface area contributed by atoms with Crippen LogP contribution in [0, 0.1) is 13.8 Å². The van der Waals surface area contributed by atoms with Gasteiger partial charge >= 0.3 is 0 Å². The van der Waals surface area contributed by atoms with Crippen molar-refractivity contribution in [3.8, 4) is 0 Å². The smallest absolute Gasteiger partial charge is 0.268 e. The van der Waals surface area contributed by atoms with Crippen LogP contribution in [0.4, 0.5) is 5.69 Å². The SMILES string of the molecule is CC[P+]1(C2(C(=O)Nc3c(C)cccc3C)CCC2)CCCCCC1.[Y]. The molecule has 1 radical (unpaired) electrons. The minimum Gasteiger partial charge on any atom is -0.322 e. The Morgan fingerprint density at radius 1 is 1.04 bits per heavy atom. The quantitative estimate of drug-likeness (QED) is 0.598.